The smallest absolute Gasteiger partial charge is 0.240 e. The third-order valence-electron chi connectivity index (χ3n) is 4.62. The zero-order valence-corrected chi connectivity index (χ0v) is 15.8. The molecule has 0 spiro atoms. The van der Waals surface area contributed by atoms with Crippen LogP contribution in [0.3, 0.4) is 0 Å². The van der Waals surface area contributed by atoms with E-state index in [-0.39, 0.29) is 18.4 Å². The van der Waals surface area contributed by atoms with Gasteiger partial charge in [-0.05, 0) is 54.8 Å². The molecule has 1 aliphatic rings. The fourth-order valence-electron chi connectivity index (χ4n) is 3.20. The zero-order chi connectivity index (χ0) is 18.4. The van der Waals surface area contributed by atoms with Gasteiger partial charge in [-0.15, -0.1) is 11.8 Å². The second kappa shape index (κ2) is 8.90. The Morgan fingerprint density at radius 2 is 1.88 bits per heavy atom. The van der Waals surface area contributed by atoms with Crippen LogP contribution in [0.4, 0.5) is 5.69 Å². The number of anilines is 1. The molecule has 0 saturated heterocycles. The van der Waals surface area contributed by atoms with E-state index in [4.69, 9.17) is 0 Å². The van der Waals surface area contributed by atoms with Crippen LogP contribution >= 0.6 is 11.8 Å². The van der Waals surface area contributed by atoms with Crippen LogP contribution in [0.25, 0.3) is 0 Å². The Kier molecular flexibility index (Phi) is 6.34. The van der Waals surface area contributed by atoms with Gasteiger partial charge in [0.1, 0.15) is 6.54 Å². The maximum atomic E-state index is 12.4. The second-order valence-electron chi connectivity index (χ2n) is 6.41. The fraction of sp³-hybridized carbons (Fsp3) is 0.333. The number of aryl methyl sites for hydroxylation is 1. The summed E-state index contributed by atoms with van der Waals surface area (Å²) in [4.78, 5) is 27.6. The van der Waals surface area contributed by atoms with E-state index >= 15 is 0 Å². The van der Waals surface area contributed by atoms with Crippen molar-refractivity contribution in [2.24, 2.45) is 0 Å². The Morgan fingerprint density at radius 1 is 1.12 bits per heavy atom. The molecular formula is C21H24N2O2S. The molecule has 0 saturated carbocycles. The molecule has 136 valence electrons. The van der Waals surface area contributed by atoms with Gasteiger partial charge in [-0.25, -0.2) is 0 Å². The van der Waals surface area contributed by atoms with Crippen molar-refractivity contribution in [1.82, 2.24) is 5.32 Å². The van der Waals surface area contributed by atoms with Crippen LogP contribution in [-0.4, -0.2) is 31.2 Å². The van der Waals surface area contributed by atoms with Crippen molar-refractivity contribution >= 4 is 29.3 Å². The standard InChI is InChI=1S/C21H24N2O2S/c1-26-18-11-9-16(10-12-18)13-14-22-20(24)15-23-19-7-3-2-5-17(19)6-4-8-21(23)25/h2-3,5,7,9-12H,4,6,8,13-15H2,1H3,(H,22,24). The molecule has 0 atom stereocenters. The van der Waals surface area contributed by atoms with Crippen LogP contribution < -0.4 is 10.2 Å². The van der Waals surface area contributed by atoms with Crippen LogP contribution in [-0.2, 0) is 22.4 Å². The zero-order valence-electron chi connectivity index (χ0n) is 15.0. The monoisotopic (exact) mass is 368 g/mol. The van der Waals surface area contributed by atoms with E-state index in [2.05, 4.69) is 35.8 Å². The van der Waals surface area contributed by atoms with Gasteiger partial charge >= 0.3 is 0 Å². The minimum absolute atomic E-state index is 0.0257. The first kappa shape index (κ1) is 18.5. The molecular weight excluding hydrogens is 344 g/mol. The highest BCUT2D eigenvalue weighted by molar-refractivity contribution is 7.98. The number of nitrogens with zero attached hydrogens (tertiary/aromatic N) is 1. The molecule has 2 aromatic carbocycles. The summed E-state index contributed by atoms with van der Waals surface area (Å²) in [5.74, 6) is -0.0893. The SMILES string of the molecule is CSc1ccc(CCNC(=O)CN2C(=O)CCCc3ccccc32)cc1. The molecule has 1 heterocycles. The molecule has 0 aliphatic carbocycles. The van der Waals surface area contributed by atoms with E-state index in [0.29, 0.717) is 13.0 Å². The lowest BCUT2D eigenvalue weighted by Crippen LogP contribution is -2.41. The molecule has 1 aliphatic heterocycles. The summed E-state index contributed by atoms with van der Waals surface area (Å²) in [6.45, 7) is 0.655. The minimum Gasteiger partial charge on any atom is -0.354 e. The maximum absolute atomic E-state index is 12.4. The van der Waals surface area contributed by atoms with Gasteiger partial charge in [0.25, 0.3) is 0 Å². The lowest BCUT2D eigenvalue weighted by atomic mass is 10.1. The molecule has 0 radical (unpaired) electrons. The molecule has 0 aromatic heterocycles. The third-order valence-corrected chi connectivity index (χ3v) is 5.36. The molecule has 1 N–H and O–H groups in total. The van der Waals surface area contributed by atoms with Crippen molar-refractivity contribution < 1.29 is 9.59 Å². The summed E-state index contributed by atoms with van der Waals surface area (Å²) in [5.41, 5.74) is 3.21. The molecule has 0 unspecified atom stereocenters. The van der Waals surface area contributed by atoms with Gasteiger partial charge in [0.15, 0.2) is 0 Å². The number of carbonyl (C=O) groups is 2. The number of hydrogen-bond donors (Lipinski definition) is 1. The van der Waals surface area contributed by atoms with Crippen LogP contribution in [0, 0.1) is 0 Å². The number of carbonyl (C=O) groups excluding carboxylic acids is 2. The van der Waals surface area contributed by atoms with Crippen LogP contribution in [0.5, 0.6) is 0 Å². The van der Waals surface area contributed by atoms with Gasteiger partial charge in [-0.1, -0.05) is 30.3 Å². The van der Waals surface area contributed by atoms with E-state index in [1.54, 1.807) is 16.7 Å². The summed E-state index contributed by atoms with van der Waals surface area (Å²) in [6.07, 6.45) is 5.04. The van der Waals surface area contributed by atoms with Crippen molar-refractivity contribution in [2.75, 3.05) is 24.2 Å². The maximum Gasteiger partial charge on any atom is 0.240 e. The summed E-state index contributed by atoms with van der Waals surface area (Å²) >= 11 is 1.71. The van der Waals surface area contributed by atoms with Crippen molar-refractivity contribution in [3.63, 3.8) is 0 Å². The Hall–Kier alpha value is -2.27. The number of para-hydroxylation sites is 1. The number of hydrogen-bond acceptors (Lipinski definition) is 3. The first-order valence-electron chi connectivity index (χ1n) is 8.95. The molecule has 0 bridgehead atoms. The van der Waals surface area contributed by atoms with E-state index in [1.165, 1.54) is 10.5 Å². The van der Waals surface area contributed by atoms with Crippen molar-refractivity contribution in [3.8, 4) is 0 Å². The number of amides is 2. The number of nitrogens with one attached hydrogen (secondary N) is 1. The predicted octanol–water partition coefficient (Wildman–Crippen LogP) is 3.44. The molecule has 26 heavy (non-hydrogen) atoms. The fourth-order valence-corrected chi connectivity index (χ4v) is 3.60. The summed E-state index contributed by atoms with van der Waals surface area (Å²) in [7, 11) is 0. The summed E-state index contributed by atoms with van der Waals surface area (Å²) in [5, 5.41) is 2.94. The predicted molar refractivity (Wildman–Crippen MR) is 107 cm³/mol. The summed E-state index contributed by atoms with van der Waals surface area (Å²) < 4.78 is 0. The Balaban J connectivity index is 1.56. The third kappa shape index (κ3) is 4.67. The van der Waals surface area contributed by atoms with E-state index in [9.17, 15) is 9.59 Å². The Morgan fingerprint density at radius 3 is 2.65 bits per heavy atom. The average Bonchev–Trinajstić information content (AvgIpc) is 2.82. The molecule has 2 amide bonds. The van der Waals surface area contributed by atoms with Crippen molar-refractivity contribution in [1.29, 1.82) is 0 Å². The van der Waals surface area contributed by atoms with Crippen LogP contribution in [0.2, 0.25) is 0 Å². The van der Waals surface area contributed by atoms with Gasteiger partial charge in [-0.3, -0.25) is 9.59 Å². The van der Waals surface area contributed by atoms with Gasteiger partial charge in [0.05, 0.1) is 0 Å². The minimum atomic E-state index is -0.115. The van der Waals surface area contributed by atoms with E-state index < -0.39 is 0 Å². The van der Waals surface area contributed by atoms with Crippen LogP contribution in [0.15, 0.2) is 53.4 Å². The topological polar surface area (TPSA) is 49.4 Å². The lowest BCUT2D eigenvalue weighted by Gasteiger charge is -2.22. The van der Waals surface area contributed by atoms with Crippen LogP contribution in [0.1, 0.15) is 24.0 Å². The normalized spacial score (nSPS) is 13.9. The number of rotatable bonds is 6. The first-order valence-corrected chi connectivity index (χ1v) is 10.2. The van der Waals surface area contributed by atoms with Gasteiger partial charge in [-0.2, -0.15) is 0 Å². The molecule has 5 heteroatoms. The lowest BCUT2D eigenvalue weighted by molar-refractivity contribution is -0.123. The van der Waals surface area contributed by atoms with Gasteiger partial charge in [0.2, 0.25) is 11.8 Å². The van der Waals surface area contributed by atoms with E-state index in [0.717, 1.165) is 30.5 Å². The highest BCUT2D eigenvalue weighted by Gasteiger charge is 2.23. The second-order valence-corrected chi connectivity index (χ2v) is 7.29. The molecule has 4 nitrogen and oxygen atoms in total. The van der Waals surface area contributed by atoms with Gasteiger partial charge < -0.3 is 10.2 Å². The van der Waals surface area contributed by atoms with Gasteiger partial charge in [0, 0.05) is 23.5 Å². The quantitative estimate of drug-likeness (QED) is 0.795. The Bertz CT molecular complexity index is 774. The number of fused-ring (bicyclic) bond motifs is 1. The highest BCUT2D eigenvalue weighted by atomic mass is 32.2. The molecule has 3 rings (SSSR count). The number of benzene rings is 2. The van der Waals surface area contributed by atoms with Crippen molar-refractivity contribution in [2.45, 2.75) is 30.6 Å². The number of thioether (sulfide) groups is 1. The largest absolute Gasteiger partial charge is 0.354 e. The average molecular weight is 369 g/mol. The molecule has 2 aromatic rings. The highest BCUT2D eigenvalue weighted by Crippen LogP contribution is 2.26. The van der Waals surface area contributed by atoms with Crippen molar-refractivity contribution in [3.05, 3.63) is 59.7 Å². The summed E-state index contributed by atoms with van der Waals surface area (Å²) in [6, 6.07) is 16.2. The Labute approximate surface area is 159 Å². The molecule has 0 fully saturated rings. The first-order chi connectivity index (χ1) is 12.7. The van der Waals surface area contributed by atoms with E-state index in [1.807, 2.05) is 24.3 Å².